The Hall–Kier alpha value is -0.120. The Labute approximate surface area is 94.0 Å². The van der Waals surface area contributed by atoms with Crippen LogP contribution in [0.3, 0.4) is 0 Å². The normalized spacial score (nSPS) is 20.8. The van der Waals surface area contributed by atoms with Crippen molar-refractivity contribution in [3.63, 3.8) is 0 Å². The molecule has 90 valence electrons. The molecule has 0 aromatic heterocycles. The molecule has 2 N–H and O–H groups in total. The van der Waals surface area contributed by atoms with Gasteiger partial charge in [-0.25, -0.2) is 0 Å². The second-order valence-corrected chi connectivity index (χ2v) is 5.21. The zero-order valence-corrected chi connectivity index (χ0v) is 10.4. The molecule has 0 saturated carbocycles. The van der Waals surface area contributed by atoms with Crippen molar-refractivity contribution in [2.45, 2.75) is 39.7 Å². The summed E-state index contributed by atoms with van der Waals surface area (Å²) in [5, 5.41) is 6.94. The Bertz CT molecular complexity index is 165. The number of ether oxygens (including phenoxy) is 1. The summed E-state index contributed by atoms with van der Waals surface area (Å²) < 4.78 is 5.38. The highest BCUT2D eigenvalue weighted by Crippen LogP contribution is 2.28. The summed E-state index contributed by atoms with van der Waals surface area (Å²) in [5.41, 5.74) is 0.454. The van der Waals surface area contributed by atoms with Crippen LogP contribution in [0.5, 0.6) is 0 Å². The molecule has 0 radical (unpaired) electrons. The van der Waals surface area contributed by atoms with Crippen LogP contribution in [0, 0.1) is 5.41 Å². The van der Waals surface area contributed by atoms with Crippen molar-refractivity contribution in [2.24, 2.45) is 5.41 Å². The largest absolute Gasteiger partial charge is 0.381 e. The van der Waals surface area contributed by atoms with E-state index < -0.39 is 0 Å². The number of hydrogen-bond donors (Lipinski definition) is 2. The molecule has 0 unspecified atom stereocenters. The predicted molar refractivity (Wildman–Crippen MR) is 64.2 cm³/mol. The van der Waals surface area contributed by atoms with Crippen LogP contribution in [0.2, 0.25) is 0 Å². The van der Waals surface area contributed by atoms with Crippen LogP contribution in [-0.4, -0.2) is 38.9 Å². The lowest BCUT2D eigenvalue weighted by molar-refractivity contribution is 0.0242. The number of nitrogens with one attached hydrogen (secondary N) is 2. The van der Waals surface area contributed by atoms with Gasteiger partial charge in [0.2, 0.25) is 0 Å². The quantitative estimate of drug-likeness (QED) is 0.656. The van der Waals surface area contributed by atoms with Crippen LogP contribution in [-0.2, 0) is 4.74 Å². The van der Waals surface area contributed by atoms with Gasteiger partial charge in [0.05, 0.1) is 0 Å². The van der Waals surface area contributed by atoms with Crippen molar-refractivity contribution in [3.05, 3.63) is 0 Å². The summed E-state index contributed by atoms with van der Waals surface area (Å²) in [4.78, 5) is 0. The van der Waals surface area contributed by atoms with E-state index in [0.29, 0.717) is 11.5 Å². The minimum Gasteiger partial charge on any atom is -0.381 e. The zero-order chi connectivity index (χ0) is 11.1. The minimum atomic E-state index is 0.454. The highest BCUT2D eigenvalue weighted by Gasteiger charge is 2.26. The summed E-state index contributed by atoms with van der Waals surface area (Å²) in [6.45, 7) is 11.8. The molecule has 0 aromatic carbocycles. The fourth-order valence-corrected chi connectivity index (χ4v) is 1.88. The van der Waals surface area contributed by atoms with Gasteiger partial charge >= 0.3 is 0 Å². The first-order valence-corrected chi connectivity index (χ1v) is 6.14. The smallest absolute Gasteiger partial charge is 0.0471 e. The van der Waals surface area contributed by atoms with Gasteiger partial charge in [-0.2, -0.15) is 0 Å². The molecule has 15 heavy (non-hydrogen) atoms. The van der Waals surface area contributed by atoms with Crippen molar-refractivity contribution >= 4 is 0 Å². The molecule has 0 atom stereocenters. The Morgan fingerprint density at radius 1 is 1.20 bits per heavy atom. The van der Waals surface area contributed by atoms with Crippen LogP contribution in [0.15, 0.2) is 0 Å². The molecule has 1 heterocycles. The highest BCUT2D eigenvalue weighted by molar-refractivity contribution is 4.79. The third-order valence-electron chi connectivity index (χ3n) is 3.11. The van der Waals surface area contributed by atoms with Crippen molar-refractivity contribution in [3.8, 4) is 0 Å². The summed E-state index contributed by atoms with van der Waals surface area (Å²) in [5.74, 6) is 0. The van der Waals surface area contributed by atoms with Gasteiger partial charge in [0, 0.05) is 38.9 Å². The van der Waals surface area contributed by atoms with E-state index in [-0.39, 0.29) is 0 Å². The molecule has 1 aliphatic heterocycles. The van der Waals surface area contributed by atoms with Crippen molar-refractivity contribution < 1.29 is 4.74 Å². The van der Waals surface area contributed by atoms with Gasteiger partial charge in [0.25, 0.3) is 0 Å². The average Bonchev–Trinajstić information content (AvgIpc) is 2.17. The summed E-state index contributed by atoms with van der Waals surface area (Å²) >= 11 is 0. The molecule has 3 nitrogen and oxygen atoms in total. The monoisotopic (exact) mass is 214 g/mol. The second kappa shape index (κ2) is 6.46. The van der Waals surface area contributed by atoms with E-state index in [1.54, 1.807) is 0 Å². The third kappa shape index (κ3) is 5.50. The van der Waals surface area contributed by atoms with E-state index in [0.717, 1.165) is 32.8 Å². The fraction of sp³-hybridized carbons (Fsp3) is 1.00. The Balaban J connectivity index is 2.03. The van der Waals surface area contributed by atoms with E-state index in [9.17, 15) is 0 Å². The van der Waals surface area contributed by atoms with E-state index in [1.807, 2.05) is 0 Å². The first-order valence-electron chi connectivity index (χ1n) is 6.14. The maximum absolute atomic E-state index is 5.38. The van der Waals surface area contributed by atoms with E-state index in [4.69, 9.17) is 4.74 Å². The standard InChI is InChI=1S/C12H26N2O/c1-11(2)14-7-6-13-10-12(3)4-8-15-9-5-12/h11,13-14H,4-10H2,1-3H3. The summed E-state index contributed by atoms with van der Waals surface area (Å²) in [6.07, 6.45) is 2.38. The summed E-state index contributed by atoms with van der Waals surface area (Å²) in [6, 6.07) is 0.588. The van der Waals surface area contributed by atoms with E-state index in [2.05, 4.69) is 31.4 Å². The topological polar surface area (TPSA) is 33.3 Å². The van der Waals surface area contributed by atoms with E-state index in [1.165, 1.54) is 12.8 Å². The molecule has 1 fully saturated rings. The van der Waals surface area contributed by atoms with Crippen molar-refractivity contribution in [2.75, 3.05) is 32.8 Å². The lowest BCUT2D eigenvalue weighted by Crippen LogP contribution is -2.40. The van der Waals surface area contributed by atoms with Gasteiger partial charge in [0.1, 0.15) is 0 Å². The lowest BCUT2D eigenvalue weighted by Gasteiger charge is -2.33. The molecular weight excluding hydrogens is 188 g/mol. The Kier molecular flexibility index (Phi) is 5.58. The molecule has 0 aromatic rings. The Morgan fingerprint density at radius 3 is 2.47 bits per heavy atom. The zero-order valence-electron chi connectivity index (χ0n) is 10.4. The molecule has 0 aliphatic carbocycles. The molecule has 1 saturated heterocycles. The van der Waals surface area contributed by atoms with Crippen molar-refractivity contribution in [1.82, 2.24) is 10.6 Å². The highest BCUT2D eigenvalue weighted by atomic mass is 16.5. The molecule has 3 heteroatoms. The number of rotatable bonds is 6. The maximum atomic E-state index is 5.38. The van der Waals surface area contributed by atoms with Crippen LogP contribution in [0.4, 0.5) is 0 Å². The van der Waals surface area contributed by atoms with Gasteiger partial charge < -0.3 is 15.4 Å². The van der Waals surface area contributed by atoms with Gasteiger partial charge in [-0.3, -0.25) is 0 Å². The molecule has 1 rings (SSSR count). The van der Waals surface area contributed by atoms with Gasteiger partial charge in [-0.05, 0) is 18.3 Å². The lowest BCUT2D eigenvalue weighted by atomic mass is 9.82. The second-order valence-electron chi connectivity index (χ2n) is 5.21. The van der Waals surface area contributed by atoms with Crippen molar-refractivity contribution in [1.29, 1.82) is 0 Å². The SMILES string of the molecule is CC(C)NCCNCC1(C)CCOCC1. The summed E-state index contributed by atoms with van der Waals surface area (Å²) in [7, 11) is 0. The minimum absolute atomic E-state index is 0.454. The van der Waals surface area contributed by atoms with E-state index >= 15 is 0 Å². The molecular formula is C12H26N2O. The third-order valence-corrected chi connectivity index (χ3v) is 3.11. The fourth-order valence-electron chi connectivity index (χ4n) is 1.88. The van der Waals surface area contributed by atoms with Crippen LogP contribution < -0.4 is 10.6 Å². The predicted octanol–water partition coefficient (Wildman–Crippen LogP) is 1.39. The molecule has 1 aliphatic rings. The molecule has 0 amide bonds. The maximum Gasteiger partial charge on any atom is 0.0471 e. The molecule has 0 spiro atoms. The molecule has 0 bridgehead atoms. The first-order chi connectivity index (χ1) is 7.12. The van der Waals surface area contributed by atoms with Crippen LogP contribution in [0.25, 0.3) is 0 Å². The number of hydrogen-bond acceptors (Lipinski definition) is 3. The average molecular weight is 214 g/mol. The van der Waals surface area contributed by atoms with Gasteiger partial charge in [-0.1, -0.05) is 20.8 Å². The van der Waals surface area contributed by atoms with Crippen LogP contribution >= 0.6 is 0 Å². The van der Waals surface area contributed by atoms with Gasteiger partial charge in [-0.15, -0.1) is 0 Å². The van der Waals surface area contributed by atoms with Gasteiger partial charge in [0.15, 0.2) is 0 Å². The Morgan fingerprint density at radius 2 is 1.87 bits per heavy atom. The van der Waals surface area contributed by atoms with Crippen LogP contribution in [0.1, 0.15) is 33.6 Å². The first kappa shape index (κ1) is 12.9.